The maximum atomic E-state index is 9.26. The van der Waals surface area contributed by atoms with Crippen LogP contribution in [0.5, 0.6) is 5.75 Å². The Morgan fingerprint density at radius 1 is 0.850 bits per heavy atom. The molecule has 1 atom stereocenters. The van der Waals surface area contributed by atoms with Crippen LogP contribution >= 0.6 is 0 Å². The van der Waals surface area contributed by atoms with Gasteiger partial charge < -0.3 is 10.4 Å². The van der Waals surface area contributed by atoms with Crippen LogP contribution in [0.15, 0.2) is 48.5 Å². The Labute approximate surface area is 121 Å². The Hall–Kier alpha value is -1.80. The molecule has 0 amide bonds. The molecule has 2 heteroatoms. The summed E-state index contributed by atoms with van der Waals surface area (Å²) in [6, 6.07) is 16.4. The minimum absolute atomic E-state index is 0.310. The zero-order chi connectivity index (χ0) is 14.5. The number of nitrogens with one attached hydrogen (secondary N) is 1. The Balaban J connectivity index is 1.94. The molecule has 2 aromatic carbocycles. The Bertz CT molecular complexity index is 528. The normalized spacial score (nSPS) is 12.6. The van der Waals surface area contributed by atoms with Gasteiger partial charge in [0, 0.05) is 12.6 Å². The van der Waals surface area contributed by atoms with Gasteiger partial charge in [-0.15, -0.1) is 0 Å². The second kappa shape index (κ2) is 6.58. The Morgan fingerprint density at radius 2 is 1.40 bits per heavy atom. The molecule has 2 rings (SSSR count). The molecule has 0 aliphatic heterocycles. The Kier molecular flexibility index (Phi) is 4.80. The molecule has 2 N–H and O–H groups in total. The second-order valence-electron chi connectivity index (χ2n) is 5.59. The van der Waals surface area contributed by atoms with Crippen LogP contribution in [0.4, 0.5) is 0 Å². The second-order valence-corrected chi connectivity index (χ2v) is 5.59. The number of phenols is 1. The highest BCUT2D eigenvalue weighted by Crippen LogP contribution is 2.19. The van der Waals surface area contributed by atoms with Gasteiger partial charge in [0.15, 0.2) is 0 Å². The highest BCUT2D eigenvalue weighted by atomic mass is 16.3. The first-order valence-electron chi connectivity index (χ1n) is 7.17. The van der Waals surface area contributed by atoms with Crippen molar-refractivity contribution in [1.82, 2.24) is 5.32 Å². The molecule has 0 aliphatic rings. The molecule has 0 spiro atoms. The lowest BCUT2D eigenvalue weighted by atomic mass is 9.99. The predicted octanol–water partition coefficient (Wildman–Crippen LogP) is 4.37. The highest BCUT2D eigenvalue weighted by Gasteiger charge is 2.06. The van der Waals surface area contributed by atoms with E-state index < -0.39 is 0 Å². The van der Waals surface area contributed by atoms with Gasteiger partial charge in [-0.1, -0.05) is 50.2 Å². The molecule has 2 nitrogen and oxygen atoms in total. The molecule has 0 saturated heterocycles. The molecule has 0 aliphatic carbocycles. The van der Waals surface area contributed by atoms with E-state index >= 15 is 0 Å². The number of aromatic hydroxyl groups is 1. The molecule has 0 aromatic heterocycles. The van der Waals surface area contributed by atoms with Gasteiger partial charge in [-0.25, -0.2) is 0 Å². The molecule has 2 aromatic rings. The summed E-state index contributed by atoms with van der Waals surface area (Å²) in [5, 5.41) is 12.8. The summed E-state index contributed by atoms with van der Waals surface area (Å²) < 4.78 is 0. The molecule has 0 bridgehead atoms. The predicted molar refractivity (Wildman–Crippen MR) is 83.9 cm³/mol. The van der Waals surface area contributed by atoms with E-state index in [-0.39, 0.29) is 0 Å². The highest BCUT2D eigenvalue weighted by molar-refractivity contribution is 5.28. The van der Waals surface area contributed by atoms with E-state index in [1.807, 2.05) is 12.1 Å². The first-order chi connectivity index (χ1) is 9.56. The molecule has 20 heavy (non-hydrogen) atoms. The zero-order valence-electron chi connectivity index (χ0n) is 12.4. The minimum atomic E-state index is 0.310. The van der Waals surface area contributed by atoms with Crippen molar-refractivity contribution in [3.8, 4) is 5.75 Å². The number of rotatable bonds is 5. The van der Waals surface area contributed by atoms with Crippen molar-refractivity contribution in [2.45, 2.75) is 39.3 Å². The van der Waals surface area contributed by atoms with Crippen LogP contribution in [0, 0.1) is 0 Å². The van der Waals surface area contributed by atoms with Crippen LogP contribution in [0.3, 0.4) is 0 Å². The van der Waals surface area contributed by atoms with Gasteiger partial charge in [0.25, 0.3) is 0 Å². The number of hydrogen-bond acceptors (Lipinski definition) is 2. The van der Waals surface area contributed by atoms with Crippen molar-refractivity contribution in [3.63, 3.8) is 0 Å². The molecular weight excluding hydrogens is 246 g/mol. The molecule has 0 radical (unpaired) electrons. The summed E-state index contributed by atoms with van der Waals surface area (Å²) in [5.74, 6) is 0.885. The first kappa shape index (κ1) is 14.6. The van der Waals surface area contributed by atoms with Crippen molar-refractivity contribution in [3.05, 3.63) is 65.2 Å². The van der Waals surface area contributed by atoms with Crippen molar-refractivity contribution in [2.75, 3.05) is 0 Å². The monoisotopic (exact) mass is 269 g/mol. The van der Waals surface area contributed by atoms with Crippen molar-refractivity contribution in [2.24, 2.45) is 0 Å². The van der Waals surface area contributed by atoms with Gasteiger partial charge in [0.05, 0.1) is 0 Å². The summed E-state index contributed by atoms with van der Waals surface area (Å²) in [6.07, 6.45) is 0. The van der Waals surface area contributed by atoms with Crippen LogP contribution in [-0.4, -0.2) is 5.11 Å². The molecule has 106 valence electrons. The molecular formula is C18H23NO. The lowest BCUT2D eigenvalue weighted by molar-refractivity contribution is 0.474. The number of benzene rings is 2. The zero-order valence-corrected chi connectivity index (χ0v) is 12.4. The van der Waals surface area contributed by atoms with Crippen molar-refractivity contribution < 1.29 is 5.11 Å². The fourth-order valence-electron chi connectivity index (χ4n) is 2.17. The van der Waals surface area contributed by atoms with Crippen LogP contribution in [0.2, 0.25) is 0 Å². The summed E-state index contributed by atoms with van der Waals surface area (Å²) in [4.78, 5) is 0. The van der Waals surface area contributed by atoms with Gasteiger partial charge in [0.2, 0.25) is 0 Å². The van der Waals surface area contributed by atoms with Gasteiger partial charge in [-0.2, -0.15) is 0 Å². The third-order valence-corrected chi connectivity index (χ3v) is 3.65. The van der Waals surface area contributed by atoms with Gasteiger partial charge in [-0.05, 0) is 41.7 Å². The van der Waals surface area contributed by atoms with Gasteiger partial charge in [0.1, 0.15) is 5.75 Å². The van der Waals surface area contributed by atoms with Crippen LogP contribution in [0.25, 0.3) is 0 Å². The lowest BCUT2D eigenvalue weighted by Gasteiger charge is -2.15. The van der Waals surface area contributed by atoms with E-state index in [4.69, 9.17) is 0 Å². The molecule has 0 heterocycles. The average Bonchev–Trinajstić information content (AvgIpc) is 2.46. The largest absolute Gasteiger partial charge is 0.508 e. The summed E-state index contributed by atoms with van der Waals surface area (Å²) in [5.41, 5.74) is 3.85. The smallest absolute Gasteiger partial charge is 0.115 e. The van der Waals surface area contributed by atoms with Crippen molar-refractivity contribution >= 4 is 0 Å². The topological polar surface area (TPSA) is 32.3 Å². The van der Waals surface area contributed by atoms with E-state index in [1.54, 1.807) is 12.1 Å². The summed E-state index contributed by atoms with van der Waals surface area (Å²) >= 11 is 0. The number of phenolic OH excluding ortho intramolecular Hbond substituents is 1. The average molecular weight is 269 g/mol. The third-order valence-electron chi connectivity index (χ3n) is 3.65. The summed E-state index contributed by atoms with van der Waals surface area (Å²) in [7, 11) is 0. The van der Waals surface area contributed by atoms with E-state index in [1.165, 1.54) is 16.7 Å². The lowest BCUT2D eigenvalue weighted by Crippen LogP contribution is -2.18. The van der Waals surface area contributed by atoms with Gasteiger partial charge in [-0.3, -0.25) is 0 Å². The van der Waals surface area contributed by atoms with Crippen LogP contribution < -0.4 is 5.32 Å². The fraction of sp³-hybridized carbons (Fsp3) is 0.333. The third kappa shape index (κ3) is 3.84. The maximum Gasteiger partial charge on any atom is 0.115 e. The van der Waals surface area contributed by atoms with E-state index in [0.29, 0.717) is 17.7 Å². The molecule has 0 fully saturated rings. The maximum absolute atomic E-state index is 9.26. The van der Waals surface area contributed by atoms with E-state index in [9.17, 15) is 5.11 Å². The van der Waals surface area contributed by atoms with Crippen LogP contribution in [-0.2, 0) is 6.54 Å². The van der Waals surface area contributed by atoms with Crippen LogP contribution in [0.1, 0.15) is 49.4 Å². The first-order valence-corrected chi connectivity index (χ1v) is 7.17. The molecule has 0 unspecified atom stereocenters. The standard InChI is InChI=1S/C18H23NO/c1-13(2)16-6-8-17(9-7-16)14(3)19-12-15-4-10-18(20)11-5-15/h4-11,13-14,19-20H,12H2,1-3H3/t14-/m0/s1. The van der Waals surface area contributed by atoms with E-state index in [0.717, 1.165) is 6.54 Å². The van der Waals surface area contributed by atoms with E-state index in [2.05, 4.69) is 50.4 Å². The summed E-state index contributed by atoms with van der Waals surface area (Å²) in [6.45, 7) is 7.39. The minimum Gasteiger partial charge on any atom is -0.508 e. The SMILES string of the molecule is CC(C)c1ccc([C@H](C)NCc2ccc(O)cc2)cc1. The Morgan fingerprint density at radius 3 is 1.95 bits per heavy atom. The fourth-order valence-corrected chi connectivity index (χ4v) is 2.17. The molecule has 0 saturated carbocycles. The quantitative estimate of drug-likeness (QED) is 0.845. The van der Waals surface area contributed by atoms with Gasteiger partial charge >= 0.3 is 0 Å². The number of hydrogen-bond donors (Lipinski definition) is 2. The van der Waals surface area contributed by atoms with Crippen molar-refractivity contribution in [1.29, 1.82) is 0 Å².